The Morgan fingerprint density at radius 2 is 1.68 bits per heavy atom. The van der Waals surface area contributed by atoms with E-state index in [2.05, 4.69) is 0 Å². The summed E-state index contributed by atoms with van der Waals surface area (Å²) in [6.07, 6.45) is 0.822. The van der Waals surface area contributed by atoms with Gasteiger partial charge >= 0.3 is 0 Å². The first-order chi connectivity index (χ1) is 10.7. The molecule has 2 aromatic carbocycles. The Labute approximate surface area is 127 Å². The molecule has 1 aliphatic heterocycles. The third-order valence-corrected chi connectivity index (χ3v) is 4.11. The summed E-state index contributed by atoms with van der Waals surface area (Å²) < 4.78 is 38.9. The Balaban J connectivity index is 2.15. The zero-order valence-electron chi connectivity index (χ0n) is 12.5. The lowest BCUT2D eigenvalue weighted by Crippen LogP contribution is -2.87. The van der Waals surface area contributed by atoms with Gasteiger partial charge in [-0.1, -0.05) is 6.07 Å². The van der Waals surface area contributed by atoms with Crippen molar-refractivity contribution in [1.82, 2.24) is 0 Å². The van der Waals surface area contributed by atoms with Gasteiger partial charge in [-0.25, -0.2) is 8.78 Å². The second kappa shape index (κ2) is 5.93. The first-order valence-electron chi connectivity index (χ1n) is 7.17. The van der Waals surface area contributed by atoms with Crippen LogP contribution in [0.5, 0.6) is 11.5 Å². The van der Waals surface area contributed by atoms with Crippen LogP contribution in [-0.2, 0) is 6.42 Å². The summed E-state index contributed by atoms with van der Waals surface area (Å²) in [6.45, 7) is 0.765. The minimum atomic E-state index is -0.524. The number of benzene rings is 2. The maximum atomic E-state index is 14.1. The topological polar surface area (TPSA) is 35.1 Å². The number of hydrogen-bond acceptors (Lipinski definition) is 2. The molecule has 0 spiro atoms. The third-order valence-electron chi connectivity index (χ3n) is 4.11. The van der Waals surface area contributed by atoms with Gasteiger partial charge in [0, 0.05) is 12.0 Å². The van der Waals surface area contributed by atoms with Crippen LogP contribution in [0.2, 0.25) is 0 Å². The lowest BCUT2D eigenvalue weighted by atomic mass is 9.89. The van der Waals surface area contributed by atoms with Crippen LogP contribution in [0.3, 0.4) is 0 Å². The normalized spacial score (nSPS) is 17.0. The van der Waals surface area contributed by atoms with Crippen LogP contribution in [0.4, 0.5) is 8.78 Å². The van der Waals surface area contributed by atoms with Crippen molar-refractivity contribution in [2.24, 2.45) is 0 Å². The molecule has 5 heteroatoms. The molecule has 0 aliphatic carbocycles. The lowest BCUT2D eigenvalue weighted by molar-refractivity contribution is -0.690. The molecular weight excluding hydrogens is 288 g/mol. The maximum absolute atomic E-state index is 14.1. The second-order valence-corrected chi connectivity index (χ2v) is 5.29. The average Bonchev–Trinajstić information content (AvgIpc) is 2.53. The Bertz CT molecular complexity index is 683. The lowest BCUT2D eigenvalue weighted by Gasteiger charge is -2.26. The highest BCUT2D eigenvalue weighted by atomic mass is 19.1. The predicted octanol–water partition coefficient (Wildman–Crippen LogP) is 2.19. The van der Waals surface area contributed by atoms with E-state index in [1.807, 2.05) is 17.4 Å². The highest BCUT2D eigenvalue weighted by Crippen LogP contribution is 2.36. The van der Waals surface area contributed by atoms with Crippen LogP contribution in [0.1, 0.15) is 22.7 Å². The number of ether oxygens (including phenoxy) is 2. The number of halogens is 2. The summed E-state index contributed by atoms with van der Waals surface area (Å²) >= 11 is 0. The molecule has 0 saturated carbocycles. The van der Waals surface area contributed by atoms with E-state index in [1.54, 1.807) is 14.2 Å². The van der Waals surface area contributed by atoms with E-state index in [0.29, 0.717) is 11.5 Å². The SMILES string of the molecule is COc1cc2c(cc1OC)[C@@H](c1c(F)cccc1F)[NH2+]CC2. The average molecular weight is 306 g/mol. The largest absolute Gasteiger partial charge is 0.493 e. The zero-order valence-corrected chi connectivity index (χ0v) is 12.5. The van der Waals surface area contributed by atoms with Crippen molar-refractivity contribution in [2.45, 2.75) is 12.5 Å². The first kappa shape index (κ1) is 14.8. The second-order valence-electron chi connectivity index (χ2n) is 5.29. The molecule has 0 fully saturated rings. The minimum Gasteiger partial charge on any atom is -0.493 e. The van der Waals surface area contributed by atoms with Gasteiger partial charge in [0.1, 0.15) is 17.7 Å². The van der Waals surface area contributed by atoms with Crippen LogP contribution in [-0.4, -0.2) is 20.8 Å². The fourth-order valence-corrected chi connectivity index (χ4v) is 3.06. The Morgan fingerprint density at radius 3 is 2.32 bits per heavy atom. The van der Waals surface area contributed by atoms with E-state index < -0.39 is 17.7 Å². The number of quaternary nitrogens is 1. The molecule has 0 saturated heterocycles. The molecule has 22 heavy (non-hydrogen) atoms. The van der Waals surface area contributed by atoms with Gasteiger partial charge in [-0.2, -0.15) is 0 Å². The van der Waals surface area contributed by atoms with Gasteiger partial charge in [0.2, 0.25) is 0 Å². The Kier molecular flexibility index (Phi) is 3.98. The van der Waals surface area contributed by atoms with Crippen molar-refractivity contribution < 1.29 is 23.6 Å². The van der Waals surface area contributed by atoms with Crippen LogP contribution in [0.15, 0.2) is 30.3 Å². The standard InChI is InChI=1S/C17H17F2NO2/c1-21-14-8-10-6-7-20-17(11(10)9-15(14)22-2)16-12(18)4-3-5-13(16)19/h3-5,8-9,17,20H,6-7H2,1-2H3/p+1/t17-/m0/s1. The van der Waals surface area contributed by atoms with Crippen LogP contribution in [0, 0.1) is 11.6 Å². The minimum absolute atomic E-state index is 0.0932. The molecule has 3 nitrogen and oxygen atoms in total. The molecule has 1 atom stereocenters. The molecule has 0 aromatic heterocycles. The zero-order chi connectivity index (χ0) is 15.7. The number of fused-ring (bicyclic) bond motifs is 1. The molecule has 0 bridgehead atoms. The number of nitrogens with two attached hydrogens (primary N) is 1. The van der Waals surface area contributed by atoms with E-state index in [1.165, 1.54) is 18.2 Å². The van der Waals surface area contributed by atoms with E-state index >= 15 is 0 Å². The molecule has 1 heterocycles. The van der Waals surface area contributed by atoms with E-state index in [-0.39, 0.29) is 5.56 Å². The van der Waals surface area contributed by atoms with Crippen molar-refractivity contribution in [1.29, 1.82) is 0 Å². The van der Waals surface area contributed by atoms with Crippen molar-refractivity contribution in [3.05, 3.63) is 58.7 Å². The summed E-state index contributed by atoms with van der Waals surface area (Å²) in [5.74, 6) is 0.155. The predicted molar refractivity (Wildman–Crippen MR) is 78.2 cm³/mol. The molecule has 2 aromatic rings. The van der Waals surface area contributed by atoms with Gasteiger partial charge in [-0.15, -0.1) is 0 Å². The summed E-state index contributed by atoms with van der Waals surface area (Å²) in [6, 6.07) is 7.27. The van der Waals surface area contributed by atoms with Gasteiger partial charge in [-0.3, -0.25) is 0 Å². The van der Waals surface area contributed by atoms with Crippen molar-refractivity contribution >= 4 is 0 Å². The molecule has 116 valence electrons. The van der Waals surface area contributed by atoms with Gasteiger partial charge in [0.25, 0.3) is 0 Å². The van der Waals surface area contributed by atoms with Gasteiger partial charge in [0.05, 0.1) is 26.3 Å². The van der Waals surface area contributed by atoms with Crippen molar-refractivity contribution in [2.75, 3.05) is 20.8 Å². The van der Waals surface area contributed by atoms with Crippen LogP contribution in [0.25, 0.3) is 0 Å². The monoisotopic (exact) mass is 306 g/mol. The fourth-order valence-electron chi connectivity index (χ4n) is 3.06. The van der Waals surface area contributed by atoms with E-state index in [0.717, 1.165) is 24.1 Å². The molecule has 3 rings (SSSR count). The first-order valence-corrected chi connectivity index (χ1v) is 7.17. The molecule has 0 unspecified atom stereocenters. The highest BCUT2D eigenvalue weighted by molar-refractivity contribution is 5.50. The summed E-state index contributed by atoms with van der Waals surface area (Å²) in [4.78, 5) is 0. The van der Waals surface area contributed by atoms with E-state index in [4.69, 9.17) is 9.47 Å². The summed E-state index contributed by atoms with van der Waals surface area (Å²) in [7, 11) is 3.13. The molecular formula is C17H18F2NO2+. The number of rotatable bonds is 3. The highest BCUT2D eigenvalue weighted by Gasteiger charge is 2.31. The smallest absolute Gasteiger partial charge is 0.161 e. The molecule has 0 radical (unpaired) electrons. The van der Waals surface area contributed by atoms with Gasteiger partial charge in [-0.05, 0) is 29.8 Å². The Morgan fingerprint density at radius 1 is 1.05 bits per heavy atom. The van der Waals surface area contributed by atoms with E-state index in [9.17, 15) is 8.78 Å². The third kappa shape index (κ3) is 2.41. The number of hydrogen-bond donors (Lipinski definition) is 1. The van der Waals surface area contributed by atoms with Crippen molar-refractivity contribution in [3.8, 4) is 11.5 Å². The number of methoxy groups -OCH3 is 2. The van der Waals surface area contributed by atoms with Gasteiger partial charge < -0.3 is 14.8 Å². The molecule has 0 amide bonds. The summed E-state index contributed by atoms with van der Waals surface area (Å²) in [5, 5.41) is 1.95. The van der Waals surface area contributed by atoms with Crippen LogP contribution < -0.4 is 14.8 Å². The fraction of sp³-hybridized carbons (Fsp3) is 0.294. The quantitative estimate of drug-likeness (QED) is 0.943. The maximum Gasteiger partial charge on any atom is 0.161 e. The molecule has 1 aliphatic rings. The van der Waals surface area contributed by atoms with Crippen LogP contribution >= 0.6 is 0 Å². The Hall–Kier alpha value is -2.14. The van der Waals surface area contributed by atoms with Gasteiger partial charge in [0.15, 0.2) is 11.5 Å². The summed E-state index contributed by atoms with van der Waals surface area (Å²) in [5.41, 5.74) is 2.00. The molecule has 2 N–H and O–H groups in total. The van der Waals surface area contributed by atoms with Crippen molar-refractivity contribution in [3.63, 3.8) is 0 Å².